The van der Waals surface area contributed by atoms with Gasteiger partial charge in [0.2, 0.25) is 17.6 Å². The Hall–Kier alpha value is -8.39. The maximum absolute atomic E-state index is 12.4. The molecule has 776 valence electrons. The van der Waals surface area contributed by atoms with Crippen LogP contribution < -0.4 is 14.2 Å². The second-order valence-electron chi connectivity index (χ2n) is 43.3. The number of aryl methyl sites for hydroxylation is 5. The van der Waals surface area contributed by atoms with Crippen LogP contribution >= 0.6 is 79.9 Å². The number of fused-ring (bicyclic) bond motifs is 15. The molecule has 19 rings (SSSR count). The van der Waals surface area contributed by atoms with Crippen molar-refractivity contribution in [3.05, 3.63) is 94.1 Å². The van der Waals surface area contributed by atoms with E-state index in [2.05, 4.69) is 63.7 Å². The van der Waals surface area contributed by atoms with Crippen molar-refractivity contribution in [2.24, 2.45) is 0 Å². The lowest BCUT2D eigenvalue weighted by atomic mass is 9.92. The van der Waals surface area contributed by atoms with Gasteiger partial charge in [-0.15, -0.1) is 56.7 Å². The average molecular weight is 2090 g/mol. The zero-order valence-corrected chi connectivity index (χ0v) is 91.5. The van der Waals surface area contributed by atoms with E-state index in [1.807, 2.05) is 109 Å². The molecule has 37 heteroatoms. The van der Waals surface area contributed by atoms with E-state index in [0.717, 1.165) is 223 Å². The third-order valence-electron chi connectivity index (χ3n) is 28.5. The highest BCUT2D eigenvalue weighted by molar-refractivity contribution is 7.20. The van der Waals surface area contributed by atoms with Crippen LogP contribution in [0.2, 0.25) is 10.3 Å². The van der Waals surface area contributed by atoms with E-state index >= 15 is 0 Å². The molecule has 4 fully saturated rings. The van der Waals surface area contributed by atoms with Crippen LogP contribution in [0.1, 0.15) is 359 Å². The molecule has 9 aliphatic carbocycles. The van der Waals surface area contributed by atoms with Crippen molar-refractivity contribution < 1.29 is 77.6 Å². The van der Waals surface area contributed by atoms with Crippen molar-refractivity contribution in [3.8, 4) is 17.6 Å². The van der Waals surface area contributed by atoms with Gasteiger partial charge in [-0.1, -0.05) is 49.9 Å². The van der Waals surface area contributed by atoms with Gasteiger partial charge in [-0.25, -0.2) is 69.0 Å². The van der Waals surface area contributed by atoms with E-state index in [1.54, 1.807) is 98.0 Å². The average Bonchev–Trinajstić information content (AvgIpc) is 1.56. The zero-order valence-electron chi connectivity index (χ0n) is 85.9. The molecule has 10 heterocycles. The van der Waals surface area contributed by atoms with Crippen molar-refractivity contribution in [1.29, 1.82) is 0 Å². The predicted molar refractivity (Wildman–Crippen MR) is 562 cm³/mol. The minimum absolute atomic E-state index is 0.00580. The number of carbonyl (C=O) groups excluding carboxylic acids is 4. The van der Waals surface area contributed by atoms with E-state index in [-0.39, 0.29) is 98.5 Å². The molecule has 0 spiro atoms. The first-order valence-electron chi connectivity index (χ1n) is 51.1. The Labute approximate surface area is 864 Å². The second-order valence-corrected chi connectivity index (χ2v) is 49.4. The number of aliphatic hydroxyl groups is 3. The first-order valence-corrected chi connectivity index (χ1v) is 56.0. The maximum atomic E-state index is 12.4. The van der Waals surface area contributed by atoms with E-state index in [4.69, 9.17) is 61.5 Å². The second kappa shape index (κ2) is 48.1. The number of aromatic nitrogens is 10. The van der Waals surface area contributed by atoms with E-state index in [0.29, 0.717) is 45.7 Å². The number of halogens is 2. The van der Waals surface area contributed by atoms with Crippen LogP contribution in [-0.4, -0.2) is 233 Å². The standard InChI is InChI=1S/C24H35N3O3S.C23H31N3O5S.C23H33N3O4S.C12H13ClN2S.C12H23NO3.C11H11ClN2OS/c1-6-7-15-8-13-18-19(15)20-21(25-14-26-22(20)31-18)29-17-11-9-16(10-12-17)27(5)23(28)30-24(2,3)4;1-23(2,3)31-22(29)26(4)14-6-8-15(9-7-14)30-20-19-18-13(11-17(27)28)5-10-16(18)32-21(19)25-12-24-20;1-23(2,3)30-22(28)26(4)15-6-8-16(9-7-15)29-20-19-18-14(11-12-27)5-10-17(18)31-21(19)25-13-24-20;1-2-3-7-4-5-8-9(7)10-11(13)14-6-15-12(10)16-8;1-12(2,3)16-11(15)13(4)9-5-7-10(14)8-6-9;12-10-9-8-6(3-4-15)1-2-7(8)16-11(9)14-5-13-10/h14-17H,6-13H2,1-5H3;12-15H,5-11H2,1-4H3,(H,27,28);13-16,27H,5-12H2,1-4H3;6-7H,2-5H2,1H3;9-10,14H,5-8H2,1-4H3;5-6,15H,1-4H2/t15-,16?,17?;13-,14?,15?;14-,15?,16?;7-;;6-/m1001.0/s1. The van der Waals surface area contributed by atoms with Crippen molar-refractivity contribution in [3.63, 3.8) is 0 Å². The summed E-state index contributed by atoms with van der Waals surface area (Å²) in [6.07, 6.45) is 38.0. The molecule has 4 amide bonds. The van der Waals surface area contributed by atoms with Gasteiger partial charge in [0.1, 0.15) is 107 Å². The van der Waals surface area contributed by atoms with Crippen molar-refractivity contribution in [2.45, 2.75) is 409 Å². The molecule has 0 saturated heterocycles. The van der Waals surface area contributed by atoms with Gasteiger partial charge in [-0.3, -0.25) is 4.79 Å². The molecule has 0 unspecified atom stereocenters. The highest BCUT2D eigenvalue weighted by Gasteiger charge is 2.41. The van der Waals surface area contributed by atoms with Crippen molar-refractivity contribution in [2.75, 3.05) is 41.4 Å². The Morgan fingerprint density at radius 2 is 0.570 bits per heavy atom. The minimum Gasteiger partial charge on any atom is -0.481 e. The topological polar surface area (TPSA) is 373 Å². The predicted octanol–water partition coefficient (Wildman–Crippen LogP) is 24.6. The summed E-state index contributed by atoms with van der Waals surface area (Å²) in [7, 11) is 7.24. The normalized spacial score (nSPS) is 22.8. The Balaban J connectivity index is 0.000000139. The summed E-state index contributed by atoms with van der Waals surface area (Å²) in [6.45, 7) is 27.5. The lowest BCUT2D eigenvalue weighted by Gasteiger charge is -2.35. The van der Waals surface area contributed by atoms with Crippen LogP contribution in [0.25, 0.3) is 51.1 Å². The van der Waals surface area contributed by atoms with Crippen LogP contribution in [0, 0.1) is 0 Å². The first kappa shape index (κ1) is 109. The smallest absolute Gasteiger partial charge is 0.410 e. The van der Waals surface area contributed by atoms with Crippen molar-refractivity contribution >= 4 is 161 Å². The Morgan fingerprint density at radius 3 is 0.824 bits per heavy atom. The molecule has 0 aliphatic heterocycles. The van der Waals surface area contributed by atoms with Crippen LogP contribution in [0.4, 0.5) is 19.2 Å². The number of carbonyl (C=O) groups is 5. The SMILES string of the molecule is CCC[C@@H]1CCc2sc3ncnc(Cl)c3c21.CCC[C@@H]1CCc2sc3ncnc(OC4CCC(N(C)C(=O)OC(C)(C)C)CC4)c3c21.CN(C(=O)OC(C)(C)C)C1CCC(O)CC1.CN(C(=O)OC(C)(C)C)C1CCC(Oc2ncnc3sc4c(c23)[C@H](CC(=O)O)CC4)CC1.CN(C(=O)OC(C)(C)C)C1CCC(Oc2ncnc3sc4c(c23)[C@H](CCO)CC4)CC1.OCC[C@@H]1CCc2sc3ncnc(Cl)c3c21. The molecule has 9 aliphatic rings. The van der Waals surface area contributed by atoms with Crippen LogP contribution in [0.15, 0.2) is 31.6 Å². The van der Waals surface area contributed by atoms with Crippen LogP contribution in [0.5, 0.6) is 17.6 Å². The molecule has 4 saturated carbocycles. The van der Waals surface area contributed by atoms with E-state index in [9.17, 15) is 39.3 Å². The monoisotopic (exact) mass is 2090 g/mol. The lowest BCUT2D eigenvalue weighted by Crippen LogP contribution is -2.43. The number of carboxylic acid groups (broad SMARTS) is 1. The quantitative estimate of drug-likeness (QED) is 0.0407. The number of aliphatic hydroxyl groups excluding tert-OH is 3. The Kier molecular flexibility index (Phi) is 37.0. The molecule has 0 radical (unpaired) electrons. The summed E-state index contributed by atoms with van der Waals surface area (Å²) in [6, 6.07) is 0.692. The third kappa shape index (κ3) is 27.3. The summed E-state index contributed by atoms with van der Waals surface area (Å²) in [4.78, 5) is 123. The fourth-order valence-corrected chi connectivity index (χ4v) is 28.3. The summed E-state index contributed by atoms with van der Waals surface area (Å²) in [5.74, 6) is 3.28. The fraction of sp³-hybridized carbons (Fsp3) is 0.667. The van der Waals surface area contributed by atoms with E-state index < -0.39 is 28.4 Å². The summed E-state index contributed by atoms with van der Waals surface area (Å²) < 4.78 is 41.1. The molecule has 5 atom stereocenters. The number of ether oxygens (including phenoxy) is 7. The van der Waals surface area contributed by atoms with Gasteiger partial charge in [0.05, 0.1) is 39.5 Å². The molecule has 10 aromatic rings. The minimum atomic E-state index is -0.783. The third-order valence-corrected chi connectivity index (χ3v) is 34.9. The molecule has 10 aromatic heterocycles. The van der Waals surface area contributed by atoms with Crippen LogP contribution in [-0.2, 0) is 55.8 Å². The van der Waals surface area contributed by atoms with Gasteiger partial charge in [0.15, 0.2) is 0 Å². The van der Waals surface area contributed by atoms with Gasteiger partial charge < -0.3 is 73.2 Å². The van der Waals surface area contributed by atoms with Crippen molar-refractivity contribution in [1.82, 2.24) is 69.4 Å². The Bertz CT molecular complexity index is 5720. The molecular formula is C105H146Cl2N14O16S5. The number of nitrogens with zero attached hydrogens (tertiary/aromatic N) is 14. The van der Waals surface area contributed by atoms with Gasteiger partial charge >= 0.3 is 30.3 Å². The number of carboxylic acids is 1. The highest BCUT2D eigenvalue weighted by Crippen LogP contribution is 2.54. The largest absolute Gasteiger partial charge is 0.481 e. The number of hydrogen-bond donors (Lipinski definition) is 4. The Morgan fingerprint density at radius 1 is 0.338 bits per heavy atom. The molecule has 142 heavy (non-hydrogen) atoms. The maximum Gasteiger partial charge on any atom is 0.410 e. The van der Waals surface area contributed by atoms with Gasteiger partial charge in [0.25, 0.3) is 0 Å². The van der Waals surface area contributed by atoms with Crippen LogP contribution in [0.3, 0.4) is 0 Å². The van der Waals surface area contributed by atoms with Gasteiger partial charge in [0, 0.05) is 90.0 Å². The molecular weight excluding hydrogens is 1940 g/mol. The summed E-state index contributed by atoms with van der Waals surface area (Å²) >= 11 is 21.0. The van der Waals surface area contributed by atoms with Gasteiger partial charge in [-0.2, -0.15) is 0 Å². The highest BCUT2D eigenvalue weighted by atomic mass is 35.5. The number of amides is 4. The van der Waals surface area contributed by atoms with Gasteiger partial charge in [-0.05, 0) is 333 Å². The number of aliphatic carboxylic acids is 1. The molecule has 0 aromatic carbocycles. The summed E-state index contributed by atoms with van der Waals surface area (Å²) in [5, 5.41) is 43.7. The first-order chi connectivity index (χ1) is 67.6. The molecule has 4 N–H and O–H groups in total. The molecule has 30 nitrogen and oxygen atoms in total. The lowest BCUT2D eigenvalue weighted by molar-refractivity contribution is -0.137. The summed E-state index contributed by atoms with van der Waals surface area (Å²) in [5.41, 5.74) is 4.65. The molecule has 0 bridgehead atoms. The van der Waals surface area contributed by atoms with E-state index in [1.165, 1.54) is 104 Å². The zero-order chi connectivity index (χ0) is 102. The number of thiophene rings is 5. The number of hydrogen-bond acceptors (Lipinski definition) is 30. The fourth-order valence-electron chi connectivity index (χ4n) is 21.5. The number of rotatable bonds is 20.